The molecular weight excluding hydrogens is 302 g/mol. The Bertz CT molecular complexity index is 586. The predicted molar refractivity (Wildman–Crippen MR) is 84.4 cm³/mol. The summed E-state index contributed by atoms with van der Waals surface area (Å²) >= 11 is 3.52. The zero-order valence-electron chi connectivity index (χ0n) is 10.8. The fourth-order valence-corrected chi connectivity index (χ4v) is 3.15. The fourth-order valence-electron chi connectivity index (χ4n) is 2.79. The normalized spacial score (nSPS) is 16.7. The largest absolute Gasteiger partial charge is 0.396 e. The minimum absolute atomic E-state index is 0.542. The summed E-state index contributed by atoms with van der Waals surface area (Å²) in [6.45, 7) is 0. The van der Waals surface area contributed by atoms with E-state index in [-0.39, 0.29) is 0 Å². The highest BCUT2D eigenvalue weighted by molar-refractivity contribution is 9.10. The van der Waals surface area contributed by atoms with Crippen molar-refractivity contribution in [3.8, 4) is 0 Å². The van der Waals surface area contributed by atoms with E-state index in [9.17, 15) is 0 Å². The lowest BCUT2D eigenvalue weighted by molar-refractivity contribution is 0.463. The van der Waals surface area contributed by atoms with Crippen LogP contribution in [0, 0.1) is 0 Å². The molecule has 2 aromatic rings. The van der Waals surface area contributed by atoms with Crippen LogP contribution >= 0.6 is 15.9 Å². The minimum atomic E-state index is 0.542. The van der Waals surface area contributed by atoms with Crippen LogP contribution in [-0.4, -0.2) is 11.0 Å². The van der Waals surface area contributed by atoms with Crippen molar-refractivity contribution in [3.63, 3.8) is 0 Å². The van der Waals surface area contributed by atoms with Gasteiger partial charge < -0.3 is 11.1 Å². The summed E-state index contributed by atoms with van der Waals surface area (Å²) < 4.78 is 1.05. The van der Waals surface area contributed by atoms with Crippen molar-refractivity contribution in [1.82, 2.24) is 4.98 Å². The van der Waals surface area contributed by atoms with E-state index < -0.39 is 0 Å². The third-order valence-corrected chi connectivity index (χ3v) is 4.31. The van der Waals surface area contributed by atoms with E-state index in [2.05, 4.69) is 32.3 Å². The standard InChI is InChI=1S/C15H18BrN3/c16-10-6-7-14-12(8-10)15(13(17)9-18-14)19-11-4-2-1-3-5-11/h6-9,11H,1-5,17H2,(H,18,19). The molecule has 3 rings (SSSR count). The highest BCUT2D eigenvalue weighted by Crippen LogP contribution is 2.32. The van der Waals surface area contributed by atoms with Crippen LogP contribution in [0.1, 0.15) is 32.1 Å². The number of aromatic nitrogens is 1. The van der Waals surface area contributed by atoms with Crippen LogP contribution in [0.5, 0.6) is 0 Å². The number of benzene rings is 1. The number of halogens is 1. The number of nitrogens with one attached hydrogen (secondary N) is 1. The van der Waals surface area contributed by atoms with Gasteiger partial charge in [0.05, 0.1) is 23.1 Å². The summed E-state index contributed by atoms with van der Waals surface area (Å²) in [4.78, 5) is 4.39. The quantitative estimate of drug-likeness (QED) is 0.866. The molecule has 0 amide bonds. The first-order valence-electron chi connectivity index (χ1n) is 6.84. The van der Waals surface area contributed by atoms with Crippen LogP contribution < -0.4 is 11.1 Å². The SMILES string of the molecule is Nc1cnc2ccc(Br)cc2c1NC1CCCCC1. The van der Waals surface area contributed by atoms with Crippen LogP contribution in [0.25, 0.3) is 10.9 Å². The van der Waals surface area contributed by atoms with Gasteiger partial charge in [0.25, 0.3) is 0 Å². The van der Waals surface area contributed by atoms with E-state index in [1.807, 2.05) is 12.1 Å². The highest BCUT2D eigenvalue weighted by Gasteiger charge is 2.16. The molecule has 1 aliphatic carbocycles. The second kappa shape index (κ2) is 5.37. The molecule has 0 spiro atoms. The van der Waals surface area contributed by atoms with E-state index in [0.29, 0.717) is 6.04 Å². The first-order valence-corrected chi connectivity index (χ1v) is 7.63. The van der Waals surface area contributed by atoms with Gasteiger partial charge in [0, 0.05) is 15.9 Å². The van der Waals surface area contributed by atoms with Gasteiger partial charge in [-0.3, -0.25) is 4.98 Å². The molecule has 0 bridgehead atoms. The van der Waals surface area contributed by atoms with E-state index in [0.717, 1.165) is 26.8 Å². The van der Waals surface area contributed by atoms with E-state index in [1.165, 1.54) is 32.1 Å². The predicted octanol–water partition coefficient (Wildman–Crippen LogP) is 4.32. The molecule has 1 aromatic heterocycles. The van der Waals surface area contributed by atoms with Gasteiger partial charge >= 0.3 is 0 Å². The maximum atomic E-state index is 6.11. The first kappa shape index (κ1) is 12.7. The van der Waals surface area contributed by atoms with Crippen molar-refractivity contribution in [2.45, 2.75) is 38.1 Å². The maximum absolute atomic E-state index is 6.11. The van der Waals surface area contributed by atoms with Crippen LogP contribution in [-0.2, 0) is 0 Å². The Hall–Kier alpha value is -1.29. The Kier molecular flexibility index (Phi) is 3.60. The van der Waals surface area contributed by atoms with Gasteiger partial charge in [-0.2, -0.15) is 0 Å². The Balaban J connectivity index is 2.00. The Labute approximate surface area is 121 Å². The summed E-state index contributed by atoms with van der Waals surface area (Å²) in [5, 5.41) is 4.73. The Morgan fingerprint density at radius 2 is 2.00 bits per heavy atom. The van der Waals surface area contributed by atoms with Crippen molar-refractivity contribution >= 4 is 38.2 Å². The molecule has 3 nitrogen and oxygen atoms in total. The molecule has 1 saturated carbocycles. The van der Waals surface area contributed by atoms with Crippen LogP contribution in [0.15, 0.2) is 28.9 Å². The Morgan fingerprint density at radius 1 is 1.21 bits per heavy atom. The number of pyridine rings is 1. The zero-order chi connectivity index (χ0) is 13.2. The number of nitrogens with zero attached hydrogens (tertiary/aromatic N) is 1. The van der Waals surface area contributed by atoms with Gasteiger partial charge in [0.15, 0.2) is 0 Å². The van der Waals surface area contributed by atoms with Gasteiger partial charge in [-0.25, -0.2) is 0 Å². The molecule has 4 heteroatoms. The molecule has 0 radical (unpaired) electrons. The average molecular weight is 320 g/mol. The maximum Gasteiger partial charge on any atom is 0.0743 e. The van der Waals surface area contributed by atoms with Crippen molar-refractivity contribution in [3.05, 3.63) is 28.9 Å². The van der Waals surface area contributed by atoms with Crippen molar-refractivity contribution < 1.29 is 0 Å². The molecule has 1 heterocycles. The number of fused-ring (bicyclic) bond motifs is 1. The highest BCUT2D eigenvalue weighted by atomic mass is 79.9. The number of nitrogen functional groups attached to an aromatic ring is 1. The molecule has 0 atom stereocenters. The summed E-state index contributed by atoms with van der Waals surface area (Å²) in [5.41, 5.74) is 8.87. The smallest absolute Gasteiger partial charge is 0.0743 e. The van der Waals surface area contributed by atoms with E-state index >= 15 is 0 Å². The lowest BCUT2D eigenvalue weighted by atomic mass is 9.95. The molecule has 1 fully saturated rings. The molecular formula is C15H18BrN3. The van der Waals surface area contributed by atoms with Gasteiger partial charge in [-0.1, -0.05) is 35.2 Å². The molecule has 0 aliphatic heterocycles. The average Bonchev–Trinajstić information content (AvgIpc) is 2.43. The zero-order valence-corrected chi connectivity index (χ0v) is 12.4. The number of anilines is 2. The first-order chi connectivity index (χ1) is 9.24. The molecule has 1 aromatic carbocycles. The summed E-state index contributed by atoms with van der Waals surface area (Å²) in [6, 6.07) is 6.66. The number of nitrogens with two attached hydrogens (primary N) is 1. The molecule has 19 heavy (non-hydrogen) atoms. The van der Waals surface area contributed by atoms with Crippen molar-refractivity contribution in [2.24, 2.45) is 0 Å². The molecule has 100 valence electrons. The summed E-state index contributed by atoms with van der Waals surface area (Å²) in [7, 11) is 0. The van der Waals surface area contributed by atoms with Crippen LogP contribution in [0.4, 0.5) is 11.4 Å². The number of hydrogen-bond acceptors (Lipinski definition) is 3. The monoisotopic (exact) mass is 319 g/mol. The van der Waals surface area contributed by atoms with Gasteiger partial charge in [-0.15, -0.1) is 0 Å². The second-order valence-electron chi connectivity index (χ2n) is 5.23. The van der Waals surface area contributed by atoms with E-state index in [1.54, 1.807) is 6.20 Å². The lowest BCUT2D eigenvalue weighted by Gasteiger charge is -2.25. The van der Waals surface area contributed by atoms with E-state index in [4.69, 9.17) is 5.73 Å². The molecule has 1 aliphatic rings. The third-order valence-electron chi connectivity index (χ3n) is 3.81. The van der Waals surface area contributed by atoms with Gasteiger partial charge in [-0.05, 0) is 31.0 Å². The van der Waals surface area contributed by atoms with Crippen molar-refractivity contribution in [2.75, 3.05) is 11.1 Å². The van der Waals surface area contributed by atoms with Gasteiger partial charge in [0.1, 0.15) is 0 Å². The second-order valence-corrected chi connectivity index (χ2v) is 6.14. The Morgan fingerprint density at radius 3 is 2.79 bits per heavy atom. The van der Waals surface area contributed by atoms with Crippen molar-refractivity contribution in [1.29, 1.82) is 0 Å². The lowest BCUT2D eigenvalue weighted by Crippen LogP contribution is -2.23. The summed E-state index contributed by atoms with van der Waals surface area (Å²) in [6.07, 6.45) is 8.20. The topological polar surface area (TPSA) is 50.9 Å². The van der Waals surface area contributed by atoms with Crippen LogP contribution in [0.3, 0.4) is 0 Å². The molecule has 0 unspecified atom stereocenters. The number of hydrogen-bond donors (Lipinski definition) is 2. The third kappa shape index (κ3) is 2.68. The summed E-state index contributed by atoms with van der Waals surface area (Å²) in [5.74, 6) is 0. The number of rotatable bonds is 2. The van der Waals surface area contributed by atoms with Crippen LogP contribution in [0.2, 0.25) is 0 Å². The molecule has 3 N–H and O–H groups in total. The fraction of sp³-hybridized carbons (Fsp3) is 0.400. The molecule has 0 saturated heterocycles. The minimum Gasteiger partial charge on any atom is -0.396 e. The van der Waals surface area contributed by atoms with Gasteiger partial charge in [0.2, 0.25) is 0 Å².